The van der Waals surface area contributed by atoms with E-state index in [9.17, 15) is 18.0 Å². The molecule has 4 nitrogen and oxygen atoms in total. The lowest BCUT2D eigenvalue weighted by Crippen LogP contribution is -2.49. The second-order valence-corrected chi connectivity index (χ2v) is 4.78. The molecule has 2 N–H and O–H groups in total. The van der Waals surface area contributed by atoms with Crippen LogP contribution in [-0.4, -0.2) is 44.9 Å². The molecule has 2 unspecified atom stereocenters. The first-order valence-electron chi connectivity index (χ1n) is 6.51. The molecule has 0 aromatic rings. The lowest BCUT2D eigenvalue weighted by molar-refractivity contribution is -0.189. The van der Waals surface area contributed by atoms with Crippen molar-refractivity contribution in [1.29, 1.82) is 0 Å². The van der Waals surface area contributed by atoms with Crippen LogP contribution in [0.15, 0.2) is 0 Å². The molecule has 0 heterocycles. The Bertz CT molecular complexity index is 285. The summed E-state index contributed by atoms with van der Waals surface area (Å²) in [6.45, 7) is 0.976. The van der Waals surface area contributed by atoms with Gasteiger partial charge < -0.3 is 15.4 Å². The summed E-state index contributed by atoms with van der Waals surface area (Å²) < 4.78 is 43.2. The zero-order valence-corrected chi connectivity index (χ0v) is 11.1. The number of ether oxygens (including phenoxy) is 1. The molecule has 0 spiro atoms. The normalized spacial score (nSPS) is 24.2. The van der Waals surface area contributed by atoms with E-state index in [-0.39, 0.29) is 13.0 Å². The van der Waals surface area contributed by atoms with Crippen molar-refractivity contribution in [2.75, 3.05) is 26.8 Å². The van der Waals surface area contributed by atoms with E-state index in [0.29, 0.717) is 26.0 Å². The molecule has 0 saturated heterocycles. The van der Waals surface area contributed by atoms with Crippen LogP contribution in [0.5, 0.6) is 0 Å². The Labute approximate surface area is 111 Å². The Hall–Kier alpha value is -0.820. The average Bonchev–Trinajstić information content (AvgIpc) is 2.34. The van der Waals surface area contributed by atoms with Crippen LogP contribution in [0, 0.1) is 5.92 Å². The topological polar surface area (TPSA) is 50.4 Å². The number of carbonyl (C=O) groups excluding carboxylic acids is 1. The summed E-state index contributed by atoms with van der Waals surface area (Å²) in [6, 6.07) is -0.787. The molecule has 1 fully saturated rings. The highest BCUT2D eigenvalue weighted by Gasteiger charge is 2.45. The Kier molecular flexibility index (Phi) is 6.57. The van der Waals surface area contributed by atoms with Gasteiger partial charge in [0.05, 0.1) is 19.1 Å². The van der Waals surface area contributed by atoms with Gasteiger partial charge in [0.1, 0.15) is 0 Å². The maximum atomic E-state index is 12.8. The maximum Gasteiger partial charge on any atom is 0.393 e. The predicted octanol–water partition coefficient (Wildman–Crippen LogP) is 1.46. The van der Waals surface area contributed by atoms with Crippen molar-refractivity contribution in [2.45, 2.75) is 37.9 Å². The number of alkyl halides is 3. The Morgan fingerprint density at radius 2 is 2.00 bits per heavy atom. The summed E-state index contributed by atoms with van der Waals surface area (Å²) in [7, 11) is 1.54. The minimum atomic E-state index is -4.23. The standard InChI is InChI=1S/C12H21F3N2O2/c1-19-7-6-16-8-11(18)17-10-5-3-2-4-9(10)12(13,14)15/h9-10,16H,2-8H2,1H3,(H,17,18). The maximum absolute atomic E-state index is 12.8. The Balaban J connectivity index is 2.38. The molecular formula is C12H21F3N2O2. The van der Waals surface area contributed by atoms with Crippen molar-refractivity contribution < 1.29 is 22.7 Å². The van der Waals surface area contributed by atoms with Crippen LogP contribution in [0.2, 0.25) is 0 Å². The van der Waals surface area contributed by atoms with E-state index in [1.165, 1.54) is 7.11 Å². The molecule has 0 aromatic carbocycles. The molecule has 7 heteroatoms. The molecule has 1 amide bonds. The van der Waals surface area contributed by atoms with E-state index in [0.717, 1.165) is 6.42 Å². The quantitative estimate of drug-likeness (QED) is 0.725. The molecule has 1 rings (SSSR count). The molecule has 0 radical (unpaired) electrons. The van der Waals surface area contributed by atoms with E-state index < -0.39 is 24.0 Å². The van der Waals surface area contributed by atoms with Gasteiger partial charge in [-0.1, -0.05) is 12.8 Å². The SMILES string of the molecule is COCCNCC(=O)NC1CCCCC1C(F)(F)F. The molecule has 1 aliphatic carbocycles. The zero-order chi connectivity index (χ0) is 14.3. The van der Waals surface area contributed by atoms with Crippen molar-refractivity contribution in [1.82, 2.24) is 10.6 Å². The Morgan fingerprint density at radius 1 is 1.32 bits per heavy atom. The summed E-state index contributed by atoms with van der Waals surface area (Å²) in [6.07, 6.45) is -2.43. The van der Waals surface area contributed by atoms with Gasteiger partial charge in [-0.2, -0.15) is 13.2 Å². The molecule has 1 saturated carbocycles. The average molecular weight is 282 g/mol. The summed E-state index contributed by atoms with van der Waals surface area (Å²) >= 11 is 0. The van der Waals surface area contributed by atoms with Crippen molar-refractivity contribution in [3.63, 3.8) is 0 Å². The van der Waals surface area contributed by atoms with Gasteiger partial charge in [-0.05, 0) is 12.8 Å². The highest BCUT2D eigenvalue weighted by Crippen LogP contribution is 2.37. The van der Waals surface area contributed by atoms with Crippen LogP contribution in [0.1, 0.15) is 25.7 Å². The van der Waals surface area contributed by atoms with Gasteiger partial charge in [-0.15, -0.1) is 0 Å². The second-order valence-electron chi connectivity index (χ2n) is 4.78. The summed E-state index contributed by atoms with van der Waals surface area (Å²) in [5.41, 5.74) is 0. The van der Waals surface area contributed by atoms with Crippen LogP contribution in [0.3, 0.4) is 0 Å². The number of methoxy groups -OCH3 is 1. The monoisotopic (exact) mass is 282 g/mol. The number of halogens is 3. The third-order valence-electron chi connectivity index (χ3n) is 3.30. The van der Waals surface area contributed by atoms with E-state index in [1.54, 1.807) is 0 Å². The lowest BCUT2D eigenvalue weighted by atomic mass is 9.84. The van der Waals surface area contributed by atoms with Crippen LogP contribution in [-0.2, 0) is 9.53 Å². The van der Waals surface area contributed by atoms with E-state index >= 15 is 0 Å². The number of hydrogen-bond donors (Lipinski definition) is 2. The molecule has 112 valence electrons. The third-order valence-corrected chi connectivity index (χ3v) is 3.30. The van der Waals surface area contributed by atoms with Crippen LogP contribution >= 0.6 is 0 Å². The molecule has 0 aliphatic heterocycles. The van der Waals surface area contributed by atoms with Gasteiger partial charge in [0.15, 0.2) is 0 Å². The largest absolute Gasteiger partial charge is 0.393 e. The summed E-state index contributed by atoms with van der Waals surface area (Å²) in [4.78, 5) is 11.6. The van der Waals surface area contributed by atoms with Gasteiger partial charge in [-0.25, -0.2) is 0 Å². The minimum absolute atomic E-state index is 0.0183. The van der Waals surface area contributed by atoms with E-state index in [4.69, 9.17) is 4.74 Å². The number of amides is 1. The number of hydrogen-bond acceptors (Lipinski definition) is 3. The lowest BCUT2D eigenvalue weighted by Gasteiger charge is -2.33. The van der Waals surface area contributed by atoms with Gasteiger partial charge in [0.2, 0.25) is 5.91 Å². The fourth-order valence-corrected chi connectivity index (χ4v) is 2.33. The van der Waals surface area contributed by atoms with Gasteiger partial charge >= 0.3 is 6.18 Å². The third kappa shape index (κ3) is 5.78. The second kappa shape index (κ2) is 7.69. The van der Waals surface area contributed by atoms with Crippen LogP contribution < -0.4 is 10.6 Å². The fourth-order valence-electron chi connectivity index (χ4n) is 2.33. The fraction of sp³-hybridized carbons (Fsp3) is 0.917. The number of nitrogens with one attached hydrogen (secondary N) is 2. The molecule has 2 atom stereocenters. The Morgan fingerprint density at radius 3 is 2.63 bits per heavy atom. The molecule has 0 bridgehead atoms. The first kappa shape index (κ1) is 16.2. The highest BCUT2D eigenvalue weighted by molar-refractivity contribution is 5.78. The molecule has 1 aliphatic rings. The smallest absolute Gasteiger partial charge is 0.383 e. The first-order valence-corrected chi connectivity index (χ1v) is 6.51. The van der Waals surface area contributed by atoms with Crippen molar-refractivity contribution in [3.05, 3.63) is 0 Å². The molecule has 19 heavy (non-hydrogen) atoms. The van der Waals surface area contributed by atoms with Crippen molar-refractivity contribution in [3.8, 4) is 0 Å². The summed E-state index contributed by atoms with van der Waals surface area (Å²) in [5.74, 6) is -1.80. The molecular weight excluding hydrogens is 261 g/mol. The van der Waals surface area contributed by atoms with Crippen LogP contribution in [0.4, 0.5) is 13.2 Å². The van der Waals surface area contributed by atoms with E-state index in [2.05, 4.69) is 10.6 Å². The minimum Gasteiger partial charge on any atom is -0.383 e. The van der Waals surface area contributed by atoms with Gasteiger partial charge in [0.25, 0.3) is 0 Å². The summed E-state index contributed by atoms with van der Waals surface area (Å²) in [5, 5.41) is 5.30. The molecule has 0 aromatic heterocycles. The number of rotatable bonds is 6. The number of carbonyl (C=O) groups is 1. The van der Waals surface area contributed by atoms with E-state index in [1.807, 2.05) is 0 Å². The van der Waals surface area contributed by atoms with Crippen molar-refractivity contribution >= 4 is 5.91 Å². The van der Waals surface area contributed by atoms with Gasteiger partial charge in [0, 0.05) is 19.7 Å². The van der Waals surface area contributed by atoms with Gasteiger partial charge in [-0.3, -0.25) is 4.79 Å². The highest BCUT2D eigenvalue weighted by atomic mass is 19.4. The zero-order valence-electron chi connectivity index (χ0n) is 11.1. The predicted molar refractivity (Wildman–Crippen MR) is 64.7 cm³/mol. The first-order chi connectivity index (χ1) is 8.95. The van der Waals surface area contributed by atoms with Crippen LogP contribution in [0.25, 0.3) is 0 Å². The van der Waals surface area contributed by atoms with Crippen molar-refractivity contribution in [2.24, 2.45) is 5.92 Å².